The van der Waals surface area contributed by atoms with Crippen molar-refractivity contribution in [2.75, 3.05) is 0 Å². The van der Waals surface area contributed by atoms with Crippen LogP contribution in [0.4, 0.5) is 0 Å². The van der Waals surface area contributed by atoms with Crippen molar-refractivity contribution >= 4 is 11.5 Å². The normalized spacial score (nSPS) is 11.9. The maximum Gasteiger partial charge on any atom is 0.328 e. The van der Waals surface area contributed by atoms with Crippen LogP contribution in [0.3, 0.4) is 0 Å². The second-order valence-corrected chi connectivity index (χ2v) is 3.94. The Labute approximate surface area is 90.3 Å². The van der Waals surface area contributed by atoms with Crippen LogP contribution in [0.15, 0.2) is 30.3 Å². The predicted octanol–water partition coefficient (Wildman–Crippen LogP) is 3.30. The molecule has 0 aromatic heterocycles. The summed E-state index contributed by atoms with van der Waals surface area (Å²) in [6.07, 6.45) is 1.23. The number of carboxylic acids is 1. The molecule has 0 aliphatic carbocycles. The van der Waals surface area contributed by atoms with Crippen LogP contribution in [-0.4, -0.2) is 11.1 Å². The summed E-state index contributed by atoms with van der Waals surface area (Å²) in [6.45, 7) is 6.07. The summed E-state index contributed by atoms with van der Waals surface area (Å²) in [4.78, 5) is 10.5. The van der Waals surface area contributed by atoms with Gasteiger partial charge in [-0.05, 0) is 29.5 Å². The first-order valence-corrected chi connectivity index (χ1v) is 5.02. The Hall–Kier alpha value is -1.57. The second kappa shape index (κ2) is 4.78. The third-order valence-electron chi connectivity index (χ3n) is 2.37. The molecule has 0 atom stereocenters. The van der Waals surface area contributed by atoms with Crippen LogP contribution in [0.1, 0.15) is 37.8 Å². The van der Waals surface area contributed by atoms with Crippen molar-refractivity contribution in [3.05, 3.63) is 41.5 Å². The van der Waals surface area contributed by atoms with E-state index in [-0.39, 0.29) is 0 Å². The zero-order valence-corrected chi connectivity index (χ0v) is 9.32. The third-order valence-corrected chi connectivity index (χ3v) is 2.37. The number of aliphatic carboxylic acids is 1. The monoisotopic (exact) mass is 204 g/mol. The van der Waals surface area contributed by atoms with E-state index in [2.05, 4.69) is 13.8 Å². The molecular formula is C13H16O2. The van der Waals surface area contributed by atoms with E-state index in [0.29, 0.717) is 5.92 Å². The molecule has 0 aliphatic heterocycles. The lowest BCUT2D eigenvalue weighted by atomic mass is 9.99. The van der Waals surface area contributed by atoms with Crippen molar-refractivity contribution in [1.29, 1.82) is 0 Å². The minimum absolute atomic E-state index is 0.503. The van der Waals surface area contributed by atoms with Gasteiger partial charge < -0.3 is 5.11 Å². The van der Waals surface area contributed by atoms with Crippen molar-refractivity contribution in [3.63, 3.8) is 0 Å². The SMILES string of the molecule is CC(=CC(=O)O)c1ccc(C(C)C)cc1. The molecule has 0 heterocycles. The molecule has 0 amide bonds. The summed E-state index contributed by atoms with van der Waals surface area (Å²) in [5.74, 6) is -0.400. The van der Waals surface area contributed by atoms with E-state index in [1.165, 1.54) is 11.6 Å². The highest BCUT2D eigenvalue weighted by Gasteiger charge is 2.01. The van der Waals surface area contributed by atoms with Crippen LogP contribution < -0.4 is 0 Å². The molecule has 1 aromatic rings. The minimum atomic E-state index is -0.902. The first-order valence-electron chi connectivity index (χ1n) is 5.02. The van der Waals surface area contributed by atoms with Crippen LogP contribution in [0.2, 0.25) is 0 Å². The standard InChI is InChI=1S/C13H16O2/c1-9(2)11-4-6-12(7-5-11)10(3)8-13(14)15/h4-9H,1-3H3,(H,14,15). The average Bonchev–Trinajstić information content (AvgIpc) is 2.17. The zero-order chi connectivity index (χ0) is 11.4. The van der Waals surface area contributed by atoms with E-state index in [1.54, 1.807) is 6.92 Å². The van der Waals surface area contributed by atoms with Gasteiger partial charge in [-0.15, -0.1) is 0 Å². The number of allylic oxidation sites excluding steroid dienone is 1. The van der Waals surface area contributed by atoms with E-state index in [1.807, 2.05) is 24.3 Å². The van der Waals surface area contributed by atoms with Gasteiger partial charge >= 0.3 is 5.97 Å². The number of carbonyl (C=O) groups is 1. The van der Waals surface area contributed by atoms with Gasteiger partial charge in [-0.25, -0.2) is 4.79 Å². The van der Waals surface area contributed by atoms with Gasteiger partial charge in [0.2, 0.25) is 0 Å². The summed E-state index contributed by atoms with van der Waals surface area (Å²) in [7, 11) is 0. The Balaban J connectivity index is 2.94. The molecule has 80 valence electrons. The second-order valence-electron chi connectivity index (χ2n) is 3.94. The quantitative estimate of drug-likeness (QED) is 0.767. The van der Waals surface area contributed by atoms with Crippen molar-refractivity contribution < 1.29 is 9.90 Å². The number of hydrogen-bond acceptors (Lipinski definition) is 1. The molecule has 0 fully saturated rings. The molecule has 0 aliphatic rings. The van der Waals surface area contributed by atoms with Crippen molar-refractivity contribution in [3.8, 4) is 0 Å². The molecule has 0 bridgehead atoms. The van der Waals surface area contributed by atoms with Gasteiger partial charge in [0.1, 0.15) is 0 Å². The van der Waals surface area contributed by atoms with Crippen LogP contribution in [0, 0.1) is 0 Å². The molecular weight excluding hydrogens is 188 g/mol. The van der Waals surface area contributed by atoms with Gasteiger partial charge in [0, 0.05) is 6.08 Å². The molecule has 0 saturated heterocycles. The Morgan fingerprint density at radius 1 is 1.27 bits per heavy atom. The van der Waals surface area contributed by atoms with Crippen molar-refractivity contribution in [1.82, 2.24) is 0 Å². The summed E-state index contributed by atoms with van der Waals surface area (Å²) >= 11 is 0. The topological polar surface area (TPSA) is 37.3 Å². The smallest absolute Gasteiger partial charge is 0.328 e. The van der Waals surface area contributed by atoms with E-state index < -0.39 is 5.97 Å². The van der Waals surface area contributed by atoms with E-state index in [0.717, 1.165) is 11.1 Å². The van der Waals surface area contributed by atoms with Gasteiger partial charge in [0.15, 0.2) is 0 Å². The van der Waals surface area contributed by atoms with Gasteiger partial charge in [0.25, 0.3) is 0 Å². The van der Waals surface area contributed by atoms with Gasteiger partial charge in [-0.1, -0.05) is 38.1 Å². The highest BCUT2D eigenvalue weighted by Crippen LogP contribution is 2.18. The summed E-state index contributed by atoms with van der Waals surface area (Å²) in [6, 6.07) is 8.01. The molecule has 1 rings (SSSR count). The summed E-state index contributed by atoms with van der Waals surface area (Å²) in [5.41, 5.74) is 3.00. The fraction of sp³-hybridized carbons (Fsp3) is 0.308. The first kappa shape index (κ1) is 11.5. The van der Waals surface area contributed by atoms with Crippen LogP contribution in [-0.2, 0) is 4.79 Å². The first-order chi connectivity index (χ1) is 7.00. The molecule has 2 heteroatoms. The van der Waals surface area contributed by atoms with Gasteiger partial charge in [-0.2, -0.15) is 0 Å². The molecule has 15 heavy (non-hydrogen) atoms. The van der Waals surface area contributed by atoms with Crippen molar-refractivity contribution in [2.45, 2.75) is 26.7 Å². The average molecular weight is 204 g/mol. The molecule has 0 saturated carbocycles. The maximum atomic E-state index is 10.5. The lowest BCUT2D eigenvalue weighted by Crippen LogP contribution is -1.91. The number of benzene rings is 1. The van der Waals surface area contributed by atoms with E-state index in [9.17, 15) is 4.79 Å². The highest BCUT2D eigenvalue weighted by atomic mass is 16.4. The Morgan fingerprint density at radius 2 is 1.80 bits per heavy atom. The lowest BCUT2D eigenvalue weighted by Gasteiger charge is -2.06. The van der Waals surface area contributed by atoms with Crippen molar-refractivity contribution in [2.24, 2.45) is 0 Å². The molecule has 0 spiro atoms. The number of carboxylic acid groups (broad SMARTS) is 1. The maximum absolute atomic E-state index is 10.5. The fourth-order valence-corrected chi connectivity index (χ4v) is 1.40. The molecule has 0 radical (unpaired) electrons. The van der Waals surface area contributed by atoms with Gasteiger partial charge in [-0.3, -0.25) is 0 Å². The molecule has 2 nitrogen and oxygen atoms in total. The van der Waals surface area contributed by atoms with Crippen LogP contribution >= 0.6 is 0 Å². The van der Waals surface area contributed by atoms with E-state index in [4.69, 9.17) is 5.11 Å². The number of rotatable bonds is 3. The largest absolute Gasteiger partial charge is 0.478 e. The summed E-state index contributed by atoms with van der Waals surface area (Å²) in [5, 5.41) is 8.61. The zero-order valence-electron chi connectivity index (χ0n) is 9.32. The predicted molar refractivity (Wildman–Crippen MR) is 61.8 cm³/mol. The number of hydrogen-bond donors (Lipinski definition) is 1. The highest BCUT2D eigenvalue weighted by molar-refractivity contribution is 5.89. The van der Waals surface area contributed by atoms with Crippen LogP contribution in [0.25, 0.3) is 5.57 Å². The molecule has 1 aromatic carbocycles. The van der Waals surface area contributed by atoms with E-state index >= 15 is 0 Å². The third kappa shape index (κ3) is 3.24. The van der Waals surface area contributed by atoms with Crippen LogP contribution in [0.5, 0.6) is 0 Å². The fourth-order valence-electron chi connectivity index (χ4n) is 1.40. The Kier molecular flexibility index (Phi) is 3.67. The molecule has 0 unspecified atom stereocenters. The Morgan fingerprint density at radius 3 is 2.20 bits per heavy atom. The summed E-state index contributed by atoms with van der Waals surface area (Å²) < 4.78 is 0. The minimum Gasteiger partial charge on any atom is -0.478 e. The molecule has 1 N–H and O–H groups in total. The van der Waals surface area contributed by atoms with Gasteiger partial charge in [0.05, 0.1) is 0 Å². The lowest BCUT2D eigenvalue weighted by molar-refractivity contribution is -0.131. The Bertz CT molecular complexity index is 372.